The van der Waals surface area contributed by atoms with Gasteiger partial charge in [0.25, 0.3) is 0 Å². The Morgan fingerprint density at radius 2 is 1.84 bits per heavy atom. The van der Waals surface area contributed by atoms with Crippen molar-refractivity contribution in [2.45, 2.75) is 12.8 Å². The van der Waals surface area contributed by atoms with Gasteiger partial charge in [-0.1, -0.05) is 12.1 Å². The van der Waals surface area contributed by atoms with E-state index in [9.17, 15) is 9.18 Å². The normalized spacial score (nSPS) is 26.3. The molecule has 2 bridgehead atoms. The fraction of sp³-hybridized carbons (Fsp3) is 0.533. The number of likely N-dealkylation sites (tertiary alicyclic amines) is 1. The summed E-state index contributed by atoms with van der Waals surface area (Å²) >= 11 is 0. The van der Waals surface area contributed by atoms with Gasteiger partial charge in [0, 0.05) is 13.1 Å². The number of amides is 1. The van der Waals surface area contributed by atoms with Crippen molar-refractivity contribution in [2.24, 2.45) is 11.8 Å². The van der Waals surface area contributed by atoms with E-state index in [0.717, 1.165) is 31.7 Å². The van der Waals surface area contributed by atoms with Crippen LogP contribution in [0.4, 0.5) is 4.39 Å². The van der Waals surface area contributed by atoms with Gasteiger partial charge in [-0.2, -0.15) is 0 Å². The molecular weight excluding hydrogens is 243 g/mol. The number of hydrogen-bond donors (Lipinski definition) is 1. The van der Waals surface area contributed by atoms with Crippen LogP contribution >= 0.6 is 0 Å². The third-order valence-corrected chi connectivity index (χ3v) is 4.11. The molecule has 2 aliphatic rings. The first-order valence-electron chi connectivity index (χ1n) is 6.93. The molecule has 3 nitrogen and oxygen atoms in total. The Morgan fingerprint density at radius 3 is 2.47 bits per heavy atom. The first kappa shape index (κ1) is 12.6. The fourth-order valence-electron chi connectivity index (χ4n) is 3.20. The number of hydrogen-bond acceptors (Lipinski definition) is 2. The van der Waals surface area contributed by atoms with Crippen molar-refractivity contribution in [3.63, 3.8) is 0 Å². The van der Waals surface area contributed by atoms with Gasteiger partial charge in [0.2, 0.25) is 5.91 Å². The van der Waals surface area contributed by atoms with Gasteiger partial charge in [0.15, 0.2) is 0 Å². The molecule has 0 aliphatic carbocycles. The molecule has 2 heterocycles. The van der Waals surface area contributed by atoms with Crippen molar-refractivity contribution in [1.29, 1.82) is 0 Å². The molecule has 1 N–H and O–H groups in total. The maximum Gasteiger partial charge on any atom is 0.227 e. The highest BCUT2D eigenvalue weighted by atomic mass is 19.1. The largest absolute Gasteiger partial charge is 0.342 e. The van der Waals surface area contributed by atoms with Gasteiger partial charge >= 0.3 is 0 Å². The molecular formula is C15H19FN2O. The Kier molecular flexibility index (Phi) is 3.51. The van der Waals surface area contributed by atoms with Crippen LogP contribution in [-0.4, -0.2) is 37.0 Å². The molecule has 2 atom stereocenters. The number of benzene rings is 1. The molecule has 2 aliphatic heterocycles. The zero-order chi connectivity index (χ0) is 13.2. The molecule has 3 rings (SSSR count). The molecule has 2 saturated heterocycles. The fourth-order valence-corrected chi connectivity index (χ4v) is 3.20. The van der Waals surface area contributed by atoms with Crippen LogP contribution in [0.25, 0.3) is 0 Å². The lowest BCUT2D eigenvalue weighted by Crippen LogP contribution is -2.53. The number of fused-ring (bicyclic) bond motifs is 2. The minimum absolute atomic E-state index is 0.170. The molecule has 1 aromatic rings. The number of carbonyl (C=O) groups is 1. The van der Waals surface area contributed by atoms with E-state index in [1.165, 1.54) is 18.6 Å². The zero-order valence-corrected chi connectivity index (χ0v) is 10.9. The highest BCUT2D eigenvalue weighted by Gasteiger charge is 2.32. The van der Waals surface area contributed by atoms with Gasteiger partial charge < -0.3 is 10.2 Å². The Labute approximate surface area is 112 Å². The Balaban J connectivity index is 1.62. The summed E-state index contributed by atoms with van der Waals surface area (Å²) in [6, 6.07) is 6.22. The van der Waals surface area contributed by atoms with Gasteiger partial charge in [-0.15, -0.1) is 0 Å². The monoisotopic (exact) mass is 262 g/mol. The Bertz CT molecular complexity index is 448. The summed E-state index contributed by atoms with van der Waals surface area (Å²) in [4.78, 5) is 14.3. The van der Waals surface area contributed by atoms with E-state index in [0.29, 0.717) is 18.3 Å². The number of halogens is 1. The predicted octanol–water partition coefficient (Wildman–Crippen LogP) is 1.44. The standard InChI is InChI=1S/C15H19FN2O/c16-14-3-1-11(2-4-14)6-15(19)18-9-12-5-13(10-18)8-17-7-12/h1-4,12-13,17H,5-10H2. The van der Waals surface area contributed by atoms with Crippen LogP contribution < -0.4 is 5.32 Å². The van der Waals surface area contributed by atoms with Gasteiger partial charge in [-0.05, 0) is 49.0 Å². The second-order valence-corrected chi connectivity index (χ2v) is 5.73. The molecule has 2 unspecified atom stereocenters. The van der Waals surface area contributed by atoms with E-state index < -0.39 is 0 Å². The molecule has 102 valence electrons. The van der Waals surface area contributed by atoms with Crippen molar-refractivity contribution >= 4 is 5.91 Å². The molecule has 0 radical (unpaired) electrons. The first-order valence-corrected chi connectivity index (χ1v) is 6.93. The third-order valence-electron chi connectivity index (χ3n) is 4.11. The van der Waals surface area contributed by atoms with Crippen molar-refractivity contribution in [3.8, 4) is 0 Å². The summed E-state index contributed by atoms with van der Waals surface area (Å²) in [6.45, 7) is 3.78. The first-order chi connectivity index (χ1) is 9.20. The summed E-state index contributed by atoms with van der Waals surface area (Å²) in [5.74, 6) is 1.12. The summed E-state index contributed by atoms with van der Waals surface area (Å²) in [5, 5.41) is 3.42. The number of piperidine rings is 2. The SMILES string of the molecule is O=C(Cc1ccc(F)cc1)N1CC2CNCC(C2)C1. The zero-order valence-electron chi connectivity index (χ0n) is 10.9. The van der Waals surface area contributed by atoms with Crippen LogP contribution in [0.3, 0.4) is 0 Å². The molecule has 0 spiro atoms. The van der Waals surface area contributed by atoms with Crippen LogP contribution in [0, 0.1) is 17.7 Å². The molecule has 19 heavy (non-hydrogen) atoms. The van der Waals surface area contributed by atoms with Gasteiger partial charge in [-0.25, -0.2) is 4.39 Å². The lowest BCUT2D eigenvalue weighted by Gasteiger charge is -2.41. The van der Waals surface area contributed by atoms with E-state index in [1.807, 2.05) is 4.90 Å². The van der Waals surface area contributed by atoms with E-state index in [2.05, 4.69) is 5.32 Å². The maximum atomic E-state index is 12.8. The second kappa shape index (κ2) is 5.29. The molecule has 1 aromatic carbocycles. The van der Waals surface area contributed by atoms with E-state index in [1.54, 1.807) is 12.1 Å². The molecule has 1 amide bonds. The lowest BCUT2D eigenvalue weighted by atomic mass is 9.85. The van der Waals surface area contributed by atoms with Crippen molar-refractivity contribution in [3.05, 3.63) is 35.6 Å². The number of rotatable bonds is 2. The smallest absolute Gasteiger partial charge is 0.227 e. The number of carbonyl (C=O) groups excluding carboxylic acids is 1. The van der Waals surface area contributed by atoms with E-state index in [4.69, 9.17) is 0 Å². The van der Waals surface area contributed by atoms with Crippen LogP contribution in [0.5, 0.6) is 0 Å². The maximum absolute atomic E-state index is 12.8. The van der Waals surface area contributed by atoms with Crippen molar-refractivity contribution < 1.29 is 9.18 Å². The highest BCUT2D eigenvalue weighted by Crippen LogP contribution is 2.24. The average molecular weight is 262 g/mol. The number of nitrogens with one attached hydrogen (secondary N) is 1. The molecule has 0 saturated carbocycles. The van der Waals surface area contributed by atoms with Crippen LogP contribution in [0.2, 0.25) is 0 Å². The van der Waals surface area contributed by atoms with Crippen LogP contribution in [-0.2, 0) is 11.2 Å². The van der Waals surface area contributed by atoms with E-state index in [-0.39, 0.29) is 11.7 Å². The lowest BCUT2D eigenvalue weighted by molar-refractivity contribution is -0.133. The number of nitrogens with zero attached hydrogens (tertiary/aromatic N) is 1. The average Bonchev–Trinajstić information content (AvgIpc) is 2.41. The molecule has 0 aromatic heterocycles. The van der Waals surface area contributed by atoms with Crippen LogP contribution in [0.1, 0.15) is 12.0 Å². The summed E-state index contributed by atoms with van der Waals surface area (Å²) < 4.78 is 12.8. The summed E-state index contributed by atoms with van der Waals surface area (Å²) in [6.07, 6.45) is 1.63. The Morgan fingerprint density at radius 1 is 1.21 bits per heavy atom. The van der Waals surface area contributed by atoms with Crippen LogP contribution in [0.15, 0.2) is 24.3 Å². The summed E-state index contributed by atoms with van der Waals surface area (Å²) in [5.41, 5.74) is 0.889. The summed E-state index contributed by atoms with van der Waals surface area (Å²) in [7, 11) is 0. The van der Waals surface area contributed by atoms with Crippen molar-refractivity contribution in [2.75, 3.05) is 26.2 Å². The van der Waals surface area contributed by atoms with Gasteiger partial charge in [0.05, 0.1) is 6.42 Å². The predicted molar refractivity (Wildman–Crippen MR) is 71.2 cm³/mol. The molecule has 2 fully saturated rings. The Hall–Kier alpha value is -1.42. The quantitative estimate of drug-likeness (QED) is 0.874. The van der Waals surface area contributed by atoms with Crippen molar-refractivity contribution in [1.82, 2.24) is 10.2 Å². The van der Waals surface area contributed by atoms with E-state index >= 15 is 0 Å². The minimum atomic E-state index is -0.255. The third kappa shape index (κ3) is 2.95. The van der Waals surface area contributed by atoms with Gasteiger partial charge in [-0.3, -0.25) is 4.79 Å². The minimum Gasteiger partial charge on any atom is -0.342 e. The molecule has 4 heteroatoms. The topological polar surface area (TPSA) is 32.3 Å². The second-order valence-electron chi connectivity index (χ2n) is 5.73. The van der Waals surface area contributed by atoms with Gasteiger partial charge in [0.1, 0.15) is 5.82 Å². The highest BCUT2D eigenvalue weighted by molar-refractivity contribution is 5.78.